The van der Waals surface area contributed by atoms with Gasteiger partial charge < -0.3 is 0 Å². The number of Topliss-reactive ketones (excluding diaryl/α,β-unsaturated/α-hetero) is 1. The molecule has 1 unspecified atom stereocenters. The van der Waals surface area contributed by atoms with E-state index >= 15 is 0 Å². The van der Waals surface area contributed by atoms with E-state index in [1.54, 1.807) is 13.0 Å². The van der Waals surface area contributed by atoms with Crippen molar-refractivity contribution in [3.05, 3.63) is 33.9 Å². The third-order valence-corrected chi connectivity index (χ3v) is 4.05. The van der Waals surface area contributed by atoms with Crippen molar-refractivity contribution in [2.24, 2.45) is 0 Å². The van der Waals surface area contributed by atoms with E-state index in [1.165, 1.54) is 23.9 Å². The third kappa shape index (κ3) is 4.33. The van der Waals surface area contributed by atoms with Crippen LogP contribution >= 0.6 is 11.8 Å². The number of hydrogen-bond acceptors (Lipinski definition) is 5. The molecule has 5 nitrogen and oxygen atoms in total. The van der Waals surface area contributed by atoms with E-state index in [9.17, 15) is 14.9 Å². The quantitative estimate of drug-likeness (QED) is 0.263. The van der Waals surface area contributed by atoms with Crippen molar-refractivity contribution >= 4 is 23.2 Å². The molecule has 0 aliphatic heterocycles. The fourth-order valence-electron chi connectivity index (χ4n) is 1.42. The summed E-state index contributed by atoms with van der Waals surface area (Å²) in [6.07, 6.45) is 0.342. The van der Waals surface area contributed by atoms with Gasteiger partial charge in [0.25, 0.3) is 5.69 Å². The number of carbonyl (C=O) groups excluding carboxylic acids is 1. The summed E-state index contributed by atoms with van der Waals surface area (Å²) in [6.45, 7) is 3.75. The lowest BCUT2D eigenvalue weighted by Crippen LogP contribution is -2.20. The van der Waals surface area contributed by atoms with Crippen molar-refractivity contribution < 1.29 is 9.72 Å². The summed E-state index contributed by atoms with van der Waals surface area (Å²) in [4.78, 5) is 24.9. The molecule has 0 N–H and O–H groups in total. The van der Waals surface area contributed by atoms with E-state index in [4.69, 9.17) is 0 Å². The summed E-state index contributed by atoms with van der Waals surface area (Å²) in [5, 5.41) is 11.1. The van der Waals surface area contributed by atoms with Gasteiger partial charge in [0.15, 0.2) is 5.78 Å². The first kappa shape index (κ1) is 15.7. The largest absolute Gasteiger partial charge is 0.298 e. The van der Waals surface area contributed by atoms with Crippen molar-refractivity contribution in [1.29, 1.82) is 0 Å². The number of hydrogen-bond donors (Lipinski definition) is 0. The molecule has 1 aromatic rings. The van der Waals surface area contributed by atoms with E-state index < -0.39 is 4.92 Å². The lowest BCUT2D eigenvalue weighted by molar-refractivity contribution is -0.385. The van der Waals surface area contributed by atoms with Crippen LogP contribution in [0.1, 0.15) is 30.6 Å². The second-order valence-electron chi connectivity index (χ2n) is 4.43. The van der Waals surface area contributed by atoms with Gasteiger partial charge >= 0.3 is 0 Å². The average Bonchev–Trinajstić information content (AvgIpc) is 2.37. The summed E-state index contributed by atoms with van der Waals surface area (Å²) < 4.78 is 0. The molecule has 1 aromatic carbocycles. The molecule has 1 rings (SSSR count). The highest BCUT2D eigenvalue weighted by atomic mass is 32.2. The maximum absolute atomic E-state index is 11.7. The average molecular weight is 282 g/mol. The molecular formula is C13H18N2O3S. The standard InChI is InChI=1S/C13H18N2O3S/c1-5-13(16)10-6-11(15(17)18)8-12(7-10)19-9(2)14(3)4/h6-9H,5H2,1-4H3. The Kier molecular flexibility index (Phi) is 5.50. The van der Waals surface area contributed by atoms with Gasteiger partial charge in [-0.2, -0.15) is 0 Å². The van der Waals surface area contributed by atoms with Crippen LogP contribution in [0.3, 0.4) is 0 Å². The Morgan fingerprint density at radius 2 is 2.05 bits per heavy atom. The molecule has 0 aromatic heterocycles. The number of thioether (sulfide) groups is 1. The summed E-state index contributed by atoms with van der Waals surface area (Å²) in [7, 11) is 3.88. The number of benzene rings is 1. The zero-order chi connectivity index (χ0) is 14.6. The number of nitrogens with zero attached hydrogens (tertiary/aromatic N) is 2. The highest BCUT2D eigenvalue weighted by molar-refractivity contribution is 7.99. The first-order valence-electron chi connectivity index (χ1n) is 6.01. The van der Waals surface area contributed by atoms with Gasteiger partial charge in [-0.1, -0.05) is 6.92 Å². The second kappa shape index (κ2) is 6.68. The van der Waals surface area contributed by atoms with Gasteiger partial charge in [-0.05, 0) is 27.1 Å². The van der Waals surface area contributed by atoms with Gasteiger partial charge in [-0.25, -0.2) is 0 Å². The number of rotatable bonds is 6. The van der Waals surface area contributed by atoms with Crippen LogP contribution in [-0.2, 0) is 0 Å². The second-order valence-corrected chi connectivity index (χ2v) is 5.82. The topological polar surface area (TPSA) is 63.5 Å². The predicted molar refractivity (Wildman–Crippen MR) is 76.7 cm³/mol. The normalized spacial score (nSPS) is 12.5. The lowest BCUT2D eigenvalue weighted by Gasteiger charge is -2.19. The minimum absolute atomic E-state index is 0.0345. The molecule has 0 aliphatic carbocycles. The Bertz CT molecular complexity index is 489. The summed E-state index contributed by atoms with van der Waals surface area (Å²) in [5.74, 6) is -0.0805. The van der Waals surface area contributed by atoms with Crippen LogP contribution in [0.5, 0.6) is 0 Å². The van der Waals surface area contributed by atoms with E-state index in [0.717, 1.165) is 4.90 Å². The van der Waals surface area contributed by atoms with E-state index in [0.29, 0.717) is 12.0 Å². The zero-order valence-electron chi connectivity index (χ0n) is 11.5. The molecule has 0 saturated carbocycles. The Balaban J connectivity index is 3.13. The smallest absolute Gasteiger partial charge is 0.271 e. The molecule has 1 atom stereocenters. The molecular weight excluding hydrogens is 264 g/mol. The minimum Gasteiger partial charge on any atom is -0.298 e. The SMILES string of the molecule is CCC(=O)c1cc(SC(C)N(C)C)cc([N+](=O)[O-])c1. The van der Waals surface area contributed by atoms with Crippen LogP contribution in [0.4, 0.5) is 5.69 Å². The third-order valence-electron chi connectivity index (χ3n) is 2.78. The summed E-state index contributed by atoms with van der Waals surface area (Å²) >= 11 is 1.49. The van der Waals surface area contributed by atoms with E-state index in [2.05, 4.69) is 0 Å². The van der Waals surface area contributed by atoms with Crippen LogP contribution < -0.4 is 0 Å². The number of nitro groups is 1. The van der Waals surface area contributed by atoms with E-state index in [1.807, 2.05) is 25.9 Å². The molecule has 0 heterocycles. The van der Waals surface area contributed by atoms with Gasteiger partial charge in [0.2, 0.25) is 0 Å². The number of carbonyl (C=O) groups is 1. The van der Waals surface area contributed by atoms with Crippen LogP contribution in [-0.4, -0.2) is 35.1 Å². The molecule has 0 amide bonds. The van der Waals surface area contributed by atoms with Gasteiger partial charge in [-0.15, -0.1) is 11.8 Å². The maximum atomic E-state index is 11.7. The predicted octanol–water partition coefficient (Wildman–Crippen LogP) is 3.19. The maximum Gasteiger partial charge on any atom is 0.271 e. The van der Waals surface area contributed by atoms with Gasteiger partial charge in [0, 0.05) is 29.0 Å². The molecule has 0 bridgehead atoms. The number of ketones is 1. The summed E-state index contributed by atoms with van der Waals surface area (Å²) in [5.41, 5.74) is 0.373. The Morgan fingerprint density at radius 3 is 2.53 bits per heavy atom. The first-order valence-corrected chi connectivity index (χ1v) is 6.89. The number of non-ortho nitro benzene ring substituents is 1. The van der Waals surface area contributed by atoms with E-state index in [-0.39, 0.29) is 16.8 Å². The molecule has 104 valence electrons. The molecule has 0 aliphatic rings. The fourth-order valence-corrected chi connectivity index (χ4v) is 2.41. The Morgan fingerprint density at radius 1 is 1.42 bits per heavy atom. The first-order chi connectivity index (χ1) is 8.85. The monoisotopic (exact) mass is 282 g/mol. The van der Waals surface area contributed by atoms with Crippen molar-refractivity contribution in [1.82, 2.24) is 4.90 Å². The highest BCUT2D eigenvalue weighted by Crippen LogP contribution is 2.29. The molecule has 0 saturated heterocycles. The van der Waals surface area contributed by atoms with Crippen molar-refractivity contribution in [3.63, 3.8) is 0 Å². The molecule has 19 heavy (non-hydrogen) atoms. The van der Waals surface area contributed by atoms with Gasteiger partial charge in [0.1, 0.15) is 0 Å². The molecule has 6 heteroatoms. The van der Waals surface area contributed by atoms with Gasteiger partial charge in [-0.3, -0.25) is 19.8 Å². The molecule has 0 fully saturated rings. The lowest BCUT2D eigenvalue weighted by atomic mass is 10.1. The van der Waals surface area contributed by atoms with Crippen LogP contribution in [0, 0.1) is 10.1 Å². The summed E-state index contributed by atoms with van der Waals surface area (Å²) in [6, 6.07) is 4.58. The Labute approximate surface area is 117 Å². The minimum atomic E-state index is -0.461. The van der Waals surface area contributed by atoms with Crippen LogP contribution in [0.2, 0.25) is 0 Å². The molecule has 0 radical (unpaired) electrons. The fraction of sp³-hybridized carbons (Fsp3) is 0.462. The van der Waals surface area contributed by atoms with Crippen molar-refractivity contribution in [2.75, 3.05) is 14.1 Å². The zero-order valence-corrected chi connectivity index (χ0v) is 12.4. The highest BCUT2D eigenvalue weighted by Gasteiger charge is 2.15. The molecule has 0 spiro atoms. The number of nitro benzene ring substituents is 1. The Hall–Kier alpha value is -1.40. The van der Waals surface area contributed by atoms with Crippen LogP contribution in [0.25, 0.3) is 0 Å². The van der Waals surface area contributed by atoms with Crippen LogP contribution in [0.15, 0.2) is 23.1 Å². The van der Waals surface area contributed by atoms with Gasteiger partial charge in [0.05, 0.1) is 10.3 Å². The van der Waals surface area contributed by atoms with Crippen molar-refractivity contribution in [2.45, 2.75) is 30.5 Å². The van der Waals surface area contributed by atoms with Crippen molar-refractivity contribution in [3.8, 4) is 0 Å².